The number of hydrogen-bond donors (Lipinski definition) is 0. The fraction of sp³-hybridized carbons (Fsp3) is 0.278. The van der Waals surface area contributed by atoms with Crippen molar-refractivity contribution < 1.29 is 19.1 Å². The van der Waals surface area contributed by atoms with E-state index >= 15 is 0 Å². The van der Waals surface area contributed by atoms with Crippen LogP contribution in [-0.2, 0) is 15.1 Å². The molecule has 5 nitrogen and oxygen atoms in total. The molecule has 1 aromatic carbocycles. The highest BCUT2D eigenvalue weighted by atomic mass is 16.6. The van der Waals surface area contributed by atoms with Crippen molar-refractivity contribution in [2.45, 2.75) is 26.4 Å². The smallest absolute Gasteiger partial charge is 0.341 e. The summed E-state index contributed by atoms with van der Waals surface area (Å²) in [6, 6.07) is 9.38. The Bertz CT molecular complexity index is 810. The molecule has 0 unspecified atom stereocenters. The first-order valence-corrected chi connectivity index (χ1v) is 7.29. The van der Waals surface area contributed by atoms with E-state index in [2.05, 4.69) is 4.98 Å². The molecule has 0 saturated carbocycles. The molecule has 1 aliphatic rings. The topological polar surface area (TPSA) is 65.5 Å². The summed E-state index contributed by atoms with van der Waals surface area (Å²) in [5.41, 5.74) is 2.12. The minimum atomic E-state index is -0.910. The van der Waals surface area contributed by atoms with Crippen molar-refractivity contribution in [2.24, 2.45) is 0 Å². The van der Waals surface area contributed by atoms with Gasteiger partial charge in [-0.15, -0.1) is 0 Å². The van der Waals surface area contributed by atoms with Crippen LogP contribution in [0.5, 0.6) is 0 Å². The number of benzene rings is 1. The van der Waals surface area contributed by atoms with E-state index in [1.807, 2.05) is 30.3 Å². The maximum Gasteiger partial charge on any atom is 0.341 e. The van der Waals surface area contributed by atoms with Crippen molar-refractivity contribution in [3.63, 3.8) is 0 Å². The van der Waals surface area contributed by atoms with E-state index in [9.17, 15) is 9.59 Å². The minimum Gasteiger partial charge on any atom is -0.465 e. The van der Waals surface area contributed by atoms with Crippen molar-refractivity contribution in [2.75, 3.05) is 7.11 Å². The number of cyclic esters (lactones) is 1. The maximum atomic E-state index is 12.4. The first-order valence-electron chi connectivity index (χ1n) is 7.29. The molecule has 0 fully saturated rings. The minimum absolute atomic E-state index is 0.304. The van der Waals surface area contributed by atoms with Gasteiger partial charge < -0.3 is 9.47 Å². The van der Waals surface area contributed by atoms with Gasteiger partial charge in [-0.1, -0.05) is 30.3 Å². The highest BCUT2D eigenvalue weighted by Crippen LogP contribution is 2.43. The predicted molar refractivity (Wildman–Crippen MR) is 84.2 cm³/mol. The number of carbonyl (C=O) groups is 2. The van der Waals surface area contributed by atoms with Crippen LogP contribution in [0.2, 0.25) is 0 Å². The molecule has 2 aromatic rings. The van der Waals surface area contributed by atoms with Crippen LogP contribution in [0.3, 0.4) is 0 Å². The van der Waals surface area contributed by atoms with Gasteiger partial charge in [0.15, 0.2) is 0 Å². The van der Waals surface area contributed by atoms with Crippen LogP contribution >= 0.6 is 0 Å². The van der Waals surface area contributed by atoms with Gasteiger partial charge in [0.2, 0.25) is 0 Å². The van der Waals surface area contributed by atoms with Crippen LogP contribution in [0.4, 0.5) is 0 Å². The van der Waals surface area contributed by atoms with Crippen LogP contribution in [0.15, 0.2) is 30.3 Å². The van der Waals surface area contributed by atoms with Crippen molar-refractivity contribution in [3.8, 4) is 11.3 Å². The zero-order valence-corrected chi connectivity index (χ0v) is 13.5. The lowest BCUT2D eigenvalue weighted by Gasteiger charge is -2.21. The van der Waals surface area contributed by atoms with Gasteiger partial charge in [0.25, 0.3) is 0 Å². The lowest BCUT2D eigenvalue weighted by atomic mass is 9.88. The van der Waals surface area contributed by atoms with Gasteiger partial charge >= 0.3 is 11.9 Å². The average Bonchev–Trinajstić information content (AvgIpc) is 2.76. The molecule has 1 aromatic heterocycles. The SMILES string of the molecule is COC(=O)c1c(C)nc(-c2ccccc2)c2c1C(C)(C)OC2=O. The van der Waals surface area contributed by atoms with E-state index in [4.69, 9.17) is 9.47 Å². The Labute approximate surface area is 134 Å². The van der Waals surface area contributed by atoms with E-state index in [-0.39, 0.29) is 0 Å². The third-order valence-electron chi connectivity index (χ3n) is 3.97. The number of aromatic nitrogens is 1. The molecule has 0 amide bonds. The molecular formula is C18H17NO4. The lowest BCUT2D eigenvalue weighted by Crippen LogP contribution is -2.21. The second kappa shape index (κ2) is 5.19. The van der Waals surface area contributed by atoms with Gasteiger partial charge in [-0.05, 0) is 20.8 Å². The molecule has 1 aliphatic heterocycles. The number of methoxy groups -OCH3 is 1. The first kappa shape index (κ1) is 15.2. The molecule has 0 spiro atoms. The fourth-order valence-electron chi connectivity index (χ4n) is 3.00. The largest absolute Gasteiger partial charge is 0.465 e. The highest BCUT2D eigenvalue weighted by molar-refractivity contribution is 6.05. The van der Waals surface area contributed by atoms with Crippen LogP contribution < -0.4 is 0 Å². The van der Waals surface area contributed by atoms with E-state index < -0.39 is 17.5 Å². The number of aryl methyl sites for hydroxylation is 1. The Morgan fingerprint density at radius 1 is 1.22 bits per heavy atom. The van der Waals surface area contributed by atoms with Gasteiger partial charge in [-0.2, -0.15) is 0 Å². The molecule has 0 atom stereocenters. The Kier molecular flexibility index (Phi) is 3.43. The number of nitrogens with zero attached hydrogens (tertiary/aromatic N) is 1. The molecule has 0 bridgehead atoms. The Balaban J connectivity index is 2.40. The summed E-state index contributed by atoms with van der Waals surface area (Å²) < 4.78 is 10.4. The van der Waals surface area contributed by atoms with Crippen molar-refractivity contribution in [1.29, 1.82) is 0 Å². The van der Waals surface area contributed by atoms with E-state index in [1.165, 1.54) is 7.11 Å². The first-order chi connectivity index (χ1) is 10.9. The molecule has 0 aliphatic carbocycles. The van der Waals surface area contributed by atoms with E-state index in [0.717, 1.165) is 5.56 Å². The lowest BCUT2D eigenvalue weighted by molar-refractivity contribution is 0.00882. The summed E-state index contributed by atoms with van der Waals surface area (Å²) in [6.07, 6.45) is 0. The van der Waals surface area contributed by atoms with Crippen molar-refractivity contribution in [1.82, 2.24) is 4.98 Å². The van der Waals surface area contributed by atoms with Gasteiger partial charge in [0, 0.05) is 11.1 Å². The summed E-state index contributed by atoms with van der Waals surface area (Å²) in [4.78, 5) is 29.1. The van der Waals surface area contributed by atoms with E-state index in [0.29, 0.717) is 28.1 Å². The molecule has 23 heavy (non-hydrogen) atoms. The predicted octanol–water partition coefficient (Wildman–Crippen LogP) is 3.25. The molecule has 5 heteroatoms. The van der Waals surface area contributed by atoms with Crippen molar-refractivity contribution >= 4 is 11.9 Å². The number of esters is 2. The zero-order valence-electron chi connectivity index (χ0n) is 13.5. The summed E-state index contributed by atoms with van der Waals surface area (Å²) in [6.45, 7) is 5.26. The van der Waals surface area contributed by atoms with Gasteiger partial charge in [0.1, 0.15) is 5.60 Å². The van der Waals surface area contributed by atoms with Crippen LogP contribution in [0, 0.1) is 6.92 Å². The number of ether oxygens (including phenoxy) is 2. The molecule has 0 radical (unpaired) electrons. The van der Waals surface area contributed by atoms with Crippen LogP contribution in [-0.4, -0.2) is 24.0 Å². The van der Waals surface area contributed by atoms with E-state index in [1.54, 1.807) is 20.8 Å². The Morgan fingerprint density at radius 3 is 2.48 bits per heavy atom. The average molecular weight is 311 g/mol. The zero-order chi connectivity index (χ0) is 16.8. The highest BCUT2D eigenvalue weighted by Gasteiger charge is 2.44. The number of fused-ring (bicyclic) bond motifs is 1. The third-order valence-corrected chi connectivity index (χ3v) is 3.97. The number of rotatable bonds is 2. The number of hydrogen-bond acceptors (Lipinski definition) is 5. The summed E-state index contributed by atoms with van der Waals surface area (Å²) in [5.74, 6) is -0.987. The number of carbonyl (C=O) groups excluding carboxylic acids is 2. The monoisotopic (exact) mass is 311 g/mol. The standard InChI is InChI=1S/C18H17NO4/c1-10-12(16(20)22-4)14-13(17(21)23-18(14,2)3)15(19-10)11-8-6-5-7-9-11/h5-9H,1-4H3. The van der Waals surface area contributed by atoms with Crippen molar-refractivity contribution in [3.05, 3.63) is 52.7 Å². The van der Waals surface area contributed by atoms with Crippen LogP contribution in [0.1, 0.15) is 45.8 Å². The molecular weight excluding hydrogens is 294 g/mol. The van der Waals surface area contributed by atoms with Crippen LogP contribution in [0.25, 0.3) is 11.3 Å². The fourth-order valence-corrected chi connectivity index (χ4v) is 3.00. The molecule has 2 heterocycles. The van der Waals surface area contributed by atoms with Gasteiger partial charge in [-0.3, -0.25) is 4.98 Å². The molecule has 3 rings (SSSR count). The third kappa shape index (κ3) is 2.29. The number of pyridine rings is 1. The molecule has 0 saturated heterocycles. The maximum absolute atomic E-state index is 12.4. The second-order valence-corrected chi connectivity index (χ2v) is 5.93. The molecule has 0 N–H and O–H groups in total. The summed E-state index contributed by atoms with van der Waals surface area (Å²) in [7, 11) is 1.31. The second-order valence-electron chi connectivity index (χ2n) is 5.93. The molecule has 118 valence electrons. The summed E-state index contributed by atoms with van der Waals surface area (Å²) >= 11 is 0. The van der Waals surface area contributed by atoms with Gasteiger partial charge in [0.05, 0.1) is 29.6 Å². The summed E-state index contributed by atoms with van der Waals surface area (Å²) in [5, 5.41) is 0. The Hall–Kier alpha value is -2.69. The quantitative estimate of drug-likeness (QED) is 0.797. The normalized spacial score (nSPS) is 15.0. The Morgan fingerprint density at radius 2 is 1.87 bits per heavy atom. The van der Waals surface area contributed by atoms with Gasteiger partial charge in [-0.25, -0.2) is 9.59 Å².